The molecule has 0 aromatic rings. The predicted molar refractivity (Wildman–Crippen MR) is 231 cm³/mol. The molecule has 0 bridgehead atoms. The molecule has 0 aliphatic heterocycles. The van der Waals surface area contributed by atoms with E-state index in [2.05, 4.69) is 55.6 Å². The average molecular weight is 782 g/mol. The summed E-state index contributed by atoms with van der Waals surface area (Å²) in [6, 6.07) is -0.872. The molecule has 8 nitrogen and oxygen atoms in total. The highest BCUT2D eigenvalue weighted by molar-refractivity contribution is 7.47. The Morgan fingerprint density at radius 2 is 1.02 bits per heavy atom. The number of nitrogens with zero attached hydrogens (tertiary/aromatic N) is 1. The number of carbonyl (C=O) groups is 1. The maximum atomic E-state index is 12.8. The molecule has 316 valence electrons. The second-order valence-electron chi connectivity index (χ2n) is 16.0. The number of amides is 1. The van der Waals surface area contributed by atoms with Crippen molar-refractivity contribution in [3.63, 3.8) is 0 Å². The van der Waals surface area contributed by atoms with Gasteiger partial charge in [0.25, 0.3) is 0 Å². The van der Waals surface area contributed by atoms with Crippen LogP contribution in [0.25, 0.3) is 0 Å². The highest BCUT2D eigenvalue weighted by Gasteiger charge is 2.27. The number of nitrogens with one attached hydrogen (secondary N) is 1. The van der Waals surface area contributed by atoms with E-state index < -0.39 is 20.0 Å². The number of allylic oxidation sites excluding steroid dienone is 7. The van der Waals surface area contributed by atoms with E-state index in [1.165, 1.54) is 103 Å². The quantitative estimate of drug-likeness (QED) is 0.0248. The maximum absolute atomic E-state index is 12.8. The van der Waals surface area contributed by atoms with Gasteiger partial charge in [0.05, 0.1) is 39.9 Å². The summed E-state index contributed by atoms with van der Waals surface area (Å²) < 4.78 is 23.5. The first kappa shape index (κ1) is 52.5. The first-order valence-corrected chi connectivity index (χ1v) is 23.5. The third-order valence-corrected chi connectivity index (χ3v) is 10.5. The van der Waals surface area contributed by atoms with Crippen LogP contribution in [-0.4, -0.2) is 73.4 Å². The van der Waals surface area contributed by atoms with Crippen molar-refractivity contribution in [2.75, 3.05) is 40.9 Å². The van der Waals surface area contributed by atoms with Crippen molar-refractivity contribution in [3.05, 3.63) is 48.6 Å². The Hall–Kier alpha value is -1.54. The molecule has 0 aromatic carbocycles. The average Bonchev–Trinajstić information content (AvgIpc) is 3.12. The van der Waals surface area contributed by atoms with Crippen molar-refractivity contribution in [2.24, 2.45) is 0 Å². The van der Waals surface area contributed by atoms with Crippen molar-refractivity contribution in [1.82, 2.24) is 5.32 Å². The van der Waals surface area contributed by atoms with E-state index in [0.29, 0.717) is 17.4 Å². The van der Waals surface area contributed by atoms with E-state index >= 15 is 0 Å². The fourth-order valence-corrected chi connectivity index (χ4v) is 6.68. The molecule has 0 aliphatic carbocycles. The molecule has 3 N–H and O–H groups in total. The molecule has 0 rings (SSSR count). The van der Waals surface area contributed by atoms with Crippen LogP contribution in [0, 0.1) is 0 Å². The normalized spacial score (nSPS) is 14.9. The largest absolute Gasteiger partial charge is 0.472 e. The van der Waals surface area contributed by atoms with Crippen LogP contribution in [0.1, 0.15) is 181 Å². The highest BCUT2D eigenvalue weighted by Crippen LogP contribution is 2.43. The highest BCUT2D eigenvalue weighted by atomic mass is 31.2. The van der Waals surface area contributed by atoms with Gasteiger partial charge in [0.1, 0.15) is 13.2 Å². The van der Waals surface area contributed by atoms with Gasteiger partial charge in [-0.25, -0.2) is 4.57 Å². The lowest BCUT2D eigenvalue weighted by Crippen LogP contribution is -2.45. The van der Waals surface area contributed by atoms with E-state index in [0.717, 1.165) is 57.8 Å². The second kappa shape index (κ2) is 37.1. The summed E-state index contributed by atoms with van der Waals surface area (Å²) in [5.74, 6) is -0.203. The Morgan fingerprint density at radius 1 is 0.611 bits per heavy atom. The Balaban J connectivity index is 4.53. The molecule has 3 atom stereocenters. The molecular weight excluding hydrogens is 695 g/mol. The van der Waals surface area contributed by atoms with E-state index in [1.54, 1.807) is 6.08 Å². The van der Waals surface area contributed by atoms with Gasteiger partial charge in [0.15, 0.2) is 0 Å². The summed E-state index contributed by atoms with van der Waals surface area (Å²) in [5, 5.41) is 13.8. The Kier molecular flexibility index (Phi) is 36.0. The van der Waals surface area contributed by atoms with Crippen molar-refractivity contribution in [3.8, 4) is 0 Å². The van der Waals surface area contributed by atoms with E-state index in [-0.39, 0.29) is 19.1 Å². The fraction of sp³-hybridized carbons (Fsp3) is 0.800. The van der Waals surface area contributed by atoms with Crippen LogP contribution in [0.2, 0.25) is 0 Å². The number of phosphoric acid groups is 1. The molecule has 0 radical (unpaired) electrons. The second-order valence-corrected chi connectivity index (χ2v) is 17.5. The molecule has 0 aromatic heterocycles. The Labute approximate surface area is 333 Å². The number of hydrogen-bond donors (Lipinski definition) is 3. The first-order chi connectivity index (χ1) is 26.0. The fourth-order valence-electron chi connectivity index (χ4n) is 5.95. The molecule has 0 heterocycles. The Morgan fingerprint density at radius 3 is 1.50 bits per heavy atom. The van der Waals surface area contributed by atoms with Gasteiger partial charge in [0, 0.05) is 6.42 Å². The minimum atomic E-state index is -4.35. The minimum Gasteiger partial charge on any atom is -0.387 e. The van der Waals surface area contributed by atoms with Crippen molar-refractivity contribution in [2.45, 2.75) is 193 Å². The third-order valence-electron chi connectivity index (χ3n) is 9.50. The molecule has 0 saturated heterocycles. The molecule has 1 amide bonds. The van der Waals surface area contributed by atoms with Crippen LogP contribution < -0.4 is 5.32 Å². The van der Waals surface area contributed by atoms with E-state index in [1.807, 2.05) is 27.2 Å². The number of phosphoric ester groups is 1. The molecule has 0 saturated carbocycles. The molecule has 54 heavy (non-hydrogen) atoms. The minimum absolute atomic E-state index is 0.0508. The van der Waals surface area contributed by atoms with Crippen LogP contribution in [0.5, 0.6) is 0 Å². The summed E-state index contributed by atoms with van der Waals surface area (Å²) in [6.07, 6.45) is 46.1. The molecule has 0 aliphatic rings. The number of rotatable bonds is 39. The van der Waals surface area contributed by atoms with Crippen LogP contribution in [0.4, 0.5) is 0 Å². The lowest BCUT2D eigenvalue weighted by Gasteiger charge is -2.25. The number of likely N-dealkylation sites (N-methyl/N-ethyl adjacent to an activating group) is 1. The summed E-state index contributed by atoms with van der Waals surface area (Å²) >= 11 is 0. The van der Waals surface area contributed by atoms with Gasteiger partial charge in [0.2, 0.25) is 5.91 Å². The van der Waals surface area contributed by atoms with Gasteiger partial charge in [-0.05, 0) is 70.6 Å². The van der Waals surface area contributed by atoms with Crippen molar-refractivity contribution >= 4 is 13.7 Å². The number of unbranched alkanes of at least 4 members (excludes halogenated alkanes) is 20. The van der Waals surface area contributed by atoms with Crippen LogP contribution in [0.3, 0.4) is 0 Å². The van der Waals surface area contributed by atoms with Crippen molar-refractivity contribution < 1.29 is 32.9 Å². The van der Waals surface area contributed by atoms with Crippen LogP contribution in [0.15, 0.2) is 48.6 Å². The van der Waals surface area contributed by atoms with E-state index in [4.69, 9.17) is 9.05 Å². The zero-order valence-electron chi connectivity index (χ0n) is 35.7. The van der Waals surface area contributed by atoms with Gasteiger partial charge in [-0.15, -0.1) is 0 Å². The van der Waals surface area contributed by atoms with E-state index in [9.17, 15) is 19.4 Å². The lowest BCUT2D eigenvalue weighted by atomic mass is 10.1. The SMILES string of the molecule is CCCCCC/C=C\CCCCCCCC(=O)NC(COP(=O)(O)OCC[N+](C)(C)C)C(O)/C=C/CC/C=C/CC/C=C/CCCCCCCCCCC. The van der Waals surface area contributed by atoms with Gasteiger partial charge in [-0.1, -0.05) is 152 Å². The zero-order valence-corrected chi connectivity index (χ0v) is 36.6. The summed E-state index contributed by atoms with van der Waals surface area (Å²) in [5.41, 5.74) is 0. The lowest BCUT2D eigenvalue weighted by molar-refractivity contribution is -0.870. The van der Waals surface area contributed by atoms with Crippen molar-refractivity contribution in [1.29, 1.82) is 0 Å². The summed E-state index contributed by atoms with van der Waals surface area (Å²) in [4.78, 5) is 23.1. The Bertz CT molecular complexity index is 1020. The van der Waals surface area contributed by atoms with Crippen LogP contribution >= 0.6 is 7.82 Å². The van der Waals surface area contributed by atoms with Gasteiger partial charge in [-0.2, -0.15) is 0 Å². The molecular formula is C45H86N2O6P+. The summed E-state index contributed by atoms with van der Waals surface area (Å²) in [6.45, 7) is 4.74. The zero-order chi connectivity index (χ0) is 40.0. The smallest absolute Gasteiger partial charge is 0.387 e. The molecule has 0 spiro atoms. The van der Waals surface area contributed by atoms with Crippen LogP contribution in [-0.2, 0) is 18.4 Å². The topological polar surface area (TPSA) is 105 Å². The molecule has 9 heteroatoms. The number of hydrogen-bond acceptors (Lipinski definition) is 5. The van der Waals surface area contributed by atoms with Gasteiger partial charge < -0.3 is 19.8 Å². The number of aliphatic hydroxyl groups is 1. The third kappa shape index (κ3) is 38.7. The summed E-state index contributed by atoms with van der Waals surface area (Å²) in [7, 11) is 1.53. The first-order valence-electron chi connectivity index (χ1n) is 22.0. The predicted octanol–water partition coefficient (Wildman–Crippen LogP) is 12.1. The monoisotopic (exact) mass is 782 g/mol. The maximum Gasteiger partial charge on any atom is 0.472 e. The number of aliphatic hydroxyl groups excluding tert-OH is 1. The molecule has 3 unspecified atom stereocenters. The number of carbonyl (C=O) groups excluding carboxylic acids is 1. The number of quaternary nitrogens is 1. The molecule has 0 fully saturated rings. The van der Waals surface area contributed by atoms with Gasteiger partial charge in [-0.3, -0.25) is 13.8 Å². The standard InChI is InChI=1S/C45H85N2O6P/c1-6-8-10-12-14-16-18-20-21-22-23-24-25-27-28-30-32-34-36-38-44(48)43(42-53-54(50,51)52-41-40-47(3,4)5)46-45(49)39-37-35-33-31-29-26-19-17-15-13-11-9-7-2/h17,19,23-24,28,30,36,38,43-44,48H,6-16,18,20-22,25-27,29,31-35,37,39-42H2,1-5H3,(H-,46,49,50,51)/p+1/b19-17-,24-23+,30-28+,38-36+. The van der Waals surface area contributed by atoms with Gasteiger partial charge >= 0.3 is 7.82 Å².